The van der Waals surface area contributed by atoms with Gasteiger partial charge in [-0.3, -0.25) is 0 Å². The van der Waals surface area contributed by atoms with Gasteiger partial charge in [0, 0.05) is 0 Å². The van der Waals surface area contributed by atoms with E-state index in [-0.39, 0.29) is 17.7 Å². The minimum atomic E-state index is -0.239. The molecule has 0 amide bonds. The molecular weight excluding hydrogens is 216 g/mol. The summed E-state index contributed by atoms with van der Waals surface area (Å²) in [5.74, 6) is 0. The fraction of sp³-hybridized carbons (Fsp3) is 1.00. The lowest BCUT2D eigenvalue weighted by atomic mass is 9.77. The highest BCUT2D eigenvalue weighted by Crippen LogP contribution is 2.29. The molecule has 0 aromatic carbocycles. The van der Waals surface area contributed by atoms with Gasteiger partial charge in [-0.2, -0.15) is 0 Å². The van der Waals surface area contributed by atoms with Crippen molar-refractivity contribution < 1.29 is 14.7 Å². The van der Waals surface area contributed by atoms with Gasteiger partial charge in [0.25, 0.3) is 0 Å². The van der Waals surface area contributed by atoms with Crippen LogP contribution < -0.4 is 5.06 Å². The number of hydrogen-bond donors (Lipinski definition) is 2. The Hall–Kier alpha value is -0.160. The number of likely N-dealkylation sites (N-methyl/N-ethyl adjacent to an activating group) is 1. The molecule has 1 aliphatic heterocycles. The van der Waals surface area contributed by atoms with Gasteiger partial charge in [-0.1, -0.05) is 0 Å². The molecule has 1 rings (SSSR count). The van der Waals surface area contributed by atoms with Crippen LogP contribution in [0.25, 0.3) is 0 Å². The zero-order valence-electron chi connectivity index (χ0n) is 12.2. The third kappa shape index (κ3) is 2.99. The topological polar surface area (TPSA) is 47.7 Å². The van der Waals surface area contributed by atoms with Crippen LogP contribution in [0.3, 0.4) is 0 Å². The molecule has 1 aliphatic rings. The lowest BCUT2D eigenvalue weighted by Crippen LogP contribution is -3.23. The van der Waals surface area contributed by atoms with E-state index in [2.05, 4.69) is 41.8 Å². The van der Waals surface area contributed by atoms with E-state index in [0.29, 0.717) is 11.1 Å². The van der Waals surface area contributed by atoms with Crippen molar-refractivity contribution in [3.63, 3.8) is 0 Å². The second-order valence-corrected chi connectivity index (χ2v) is 7.38. The van der Waals surface area contributed by atoms with Crippen molar-refractivity contribution in [2.75, 3.05) is 27.2 Å². The minimum absolute atomic E-state index is 0.207. The summed E-state index contributed by atoms with van der Waals surface area (Å²) in [4.78, 5) is 0. The van der Waals surface area contributed by atoms with E-state index in [9.17, 15) is 5.21 Å². The quantitative estimate of drug-likeness (QED) is 0.549. The third-order valence-electron chi connectivity index (χ3n) is 4.39. The summed E-state index contributed by atoms with van der Waals surface area (Å²) in [6, 6.07) is 0.449. The average Bonchev–Trinajstić information content (AvgIpc) is 2.13. The van der Waals surface area contributed by atoms with Crippen LogP contribution >= 0.6 is 0 Å². The summed E-state index contributed by atoms with van der Waals surface area (Å²) in [6.45, 7) is 9.19. The maximum atomic E-state index is 12.3. The smallest absolute Gasteiger partial charge is 0.102 e. The zero-order chi connectivity index (χ0) is 13.5. The van der Waals surface area contributed by atoms with Crippen molar-refractivity contribution in [2.24, 2.45) is 0 Å². The Kier molecular flexibility index (Phi) is 3.94. The van der Waals surface area contributed by atoms with Crippen LogP contribution in [0.5, 0.6) is 0 Å². The summed E-state index contributed by atoms with van der Waals surface area (Å²) < 4.78 is 0.802. The molecule has 0 saturated carbocycles. The van der Waals surface area contributed by atoms with Crippen molar-refractivity contribution in [3.8, 4) is 0 Å². The van der Waals surface area contributed by atoms with Crippen LogP contribution in [0.1, 0.15) is 40.5 Å². The van der Waals surface area contributed by atoms with E-state index >= 15 is 0 Å². The fourth-order valence-electron chi connectivity index (χ4n) is 3.29. The van der Waals surface area contributed by atoms with E-state index in [1.807, 2.05) is 0 Å². The van der Waals surface area contributed by atoms with Gasteiger partial charge in [0.05, 0.1) is 44.6 Å². The summed E-state index contributed by atoms with van der Waals surface area (Å²) in [7, 11) is 4.31. The summed E-state index contributed by atoms with van der Waals surface area (Å²) in [5.41, 5.74) is -0.477. The number of hydrogen-bond acceptors (Lipinski definition) is 2. The van der Waals surface area contributed by atoms with Crippen LogP contribution in [0.2, 0.25) is 0 Å². The van der Waals surface area contributed by atoms with Gasteiger partial charge in [-0.25, -0.2) is 0 Å². The highest BCUT2D eigenvalue weighted by molar-refractivity contribution is 4.87. The van der Waals surface area contributed by atoms with Crippen LogP contribution in [0.4, 0.5) is 0 Å². The van der Waals surface area contributed by atoms with E-state index in [1.165, 1.54) is 0 Å². The molecule has 0 atom stereocenters. The van der Waals surface area contributed by atoms with Crippen LogP contribution in [-0.2, 0) is 0 Å². The Morgan fingerprint density at radius 3 is 1.94 bits per heavy atom. The Balaban J connectivity index is 2.92. The molecule has 17 heavy (non-hydrogen) atoms. The Morgan fingerprint density at radius 1 is 1.18 bits per heavy atom. The number of aliphatic hydroxyl groups is 1. The second kappa shape index (κ2) is 4.50. The monoisotopic (exact) mass is 245 g/mol. The molecule has 1 heterocycles. The average molecular weight is 245 g/mol. The van der Waals surface area contributed by atoms with Gasteiger partial charge in [0.15, 0.2) is 0 Å². The van der Waals surface area contributed by atoms with E-state index in [4.69, 9.17) is 5.11 Å². The number of quaternary nitrogens is 2. The number of hydroxylamine groups is 2. The standard InChI is InChI=1S/C13H29N2O2/c1-12(2)9-11(15(5,6)7-8-16)10-13(3,4)14(12)17/h11,14,16H,7-10H2,1-6H3/q+1. The summed E-state index contributed by atoms with van der Waals surface area (Å²) in [5, 5.41) is 21.9. The predicted molar refractivity (Wildman–Crippen MR) is 69.6 cm³/mol. The maximum absolute atomic E-state index is 12.3. The highest BCUT2D eigenvalue weighted by Gasteiger charge is 2.50. The van der Waals surface area contributed by atoms with E-state index < -0.39 is 0 Å². The molecule has 0 bridgehead atoms. The number of nitrogens with zero attached hydrogens (tertiary/aromatic N) is 1. The molecule has 0 aromatic heterocycles. The van der Waals surface area contributed by atoms with Crippen molar-refractivity contribution in [1.82, 2.24) is 0 Å². The van der Waals surface area contributed by atoms with Crippen molar-refractivity contribution >= 4 is 0 Å². The van der Waals surface area contributed by atoms with Gasteiger partial charge in [0.1, 0.15) is 12.6 Å². The first kappa shape index (κ1) is 14.9. The molecule has 2 N–H and O–H groups in total. The number of nitrogens with one attached hydrogen (secondary N) is 1. The van der Waals surface area contributed by atoms with Gasteiger partial charge >= 0.3 is 0 Å². The SMILES string of the molecule is CC1(C)CC([N+](C)(C)CCO)CC(C)(C)[NH+]1[O-]. The Morgan fingerprint density at radius 2 is 1.59 bits per heavy atom. The molecule has 0 aromatic rings. The molecule has 0 radical (unpaired) electrons. The first-order chi connectivity index (χ1) is 7.53. The molecule has 0 aliphatic carbocycles. The molecule has 0 unspecified atom stereocenters. The van der Waals surface area contributed by atoms with Crippen LogP contribution in [-0.4, -0.2) is 54.0 Å². The van der Waals surface area contributed by atoms with Crippen LogP contribution in [0, 0.1) is 5.21 Å². The Bertz CT molecular complexity index is 257. The summed E-state index contributed by atoms with van der Waals surface area (Å²) in [6.07, 6.45) is 1.84. The minimum Gasteiger partial charge on any atom is -0.634 e. The van der Waals surface area contributed by atoms with Gasteiger partial charge in [-0.05, 0) is 27.7 Å². The first-order valence-corrected chi connectivity index (χ1v) is 6.51. The number of rotatable bonds is 3. The third-order valence-corrected chi connectivity index (χ3v) is 4.39. The number of aliphatic hydroxyl groups excluding tert-OH is 1. The van der Waals surface area contributed by atoms with Gasteiger partial charge < -0.3 is 19.9 Å². The van der Waals surface area contributed by atoms with Crippen molar-refractivity contribution in [3.05, 3.63) is 5.21 Å². The predicted octanol–water partition coefficient (Wildman–Crippen LogP) is 0.157. The number of piperidine rings is 1. The lowest BCUT2D eigenvalue weighted by molar-refractivity contribution is -0.985. The second-order valence-electron chi connectivity index (χ2n) is 7.38. The van der Waals surface area contributed by atoms with Crippen LogP contribution in [0.15, 0.2) is 0 Å². The molecule has 102 valence electrons. The fourth-order valence-corrected chi connectivity index (χ4v) is 3.29. The molecule has 1 fully saturated rings. The normalized spacial score (nSPS) is 32.5. The van der Waals surface area contributed by atoms with E-state index in [0.717, 1.165) is 23.9 Å². The van der Waals surface area contributed by atoms with Crippen molar-refractivity contribution in [1.29, 1.82) is 0 Å². The lowest BCUT2D eigenvalue weighted by Gasteiger charge is -2.56. The molecule has 0 spiro atoms. The van der Waals surface area contributed by atoms with E-state index in [1.54, 1.807) is 0 Å². The largest absolute Gasteiger partial charge is 0.634 e. The summed E-state index contributed by atoms with van der Waals surface area (Å²) >= 11 is 0. The molecule has 1 saturated heterocycles. The Labute approximate surface area is 105 Å². The first-order valence-electron chi connectivity index (χ1n) is 6.51. The van der Waals surface area contributed by atoms with Gasteiger partial charge in [0.2, 0.25) is 0 Å². The molecular formula is C13H29N2O2+. The maximum Gasteiger partial charge on any atom is 0.102 e. The highest BCUT2D eigenvalue weighted by atomic mass is 16.5. The van der Waals surface area contributed by atoms with Crippen molar-refractivity contribution in [2.45, 2.75) is 57.7 Å². The van der Waals surface area contributed by atoms with Gasteiger partial charge in [-0.15, -0.1) is 0 Å². The zero-order valence-corrected chi connectivity index (χ0v) is 12.2. The molecule has 4 nitrogen and oxygen atoms in total. The molecule has 4 heteroatoms.